The molecule has 2 aliphatic rings. The summed E-state index contributed by atoms with van der Waals surface area (Å²) in [5, 5.41) is 3.04. The fourth-order valence-electron chi connectivity index (χ4n) is 4.36. The van der Waals surface area contributed by atoms with Crippen LogP contribution in [0, 0.1) is 5.92 Å². The molecule has 7 nitrogen and oxygen atoms in total. The summed E-state index contributed by atoms with van der Waals surface area (Å²) < 4.78 is 33.3. The number of carbonyl (C=O) groups is 1. The molecule has 1 aromatic carbocycles. The van der Waals surface area contributed by atoms with Crippen LogP contribution in [0.25, 0.3) is 0 Å². The number of amides is 1. The minimum absolute atomic E-state index is 0.0616. The SMILES string of the molecule is O=C(NCC1CCOC2(CCN(S(=O)(=O)c3cccnc3)CC2)C1)c1ccccc1. The summed E-state index contributed by atoms with van der Waals surface area (Å²) >= 11 is 0. The minimum atomic E-state index is -3.52. The number of ether oxygens (including phenoxy) is 1. The first-order valence-corrected chi connectivity index (χ1v) is 11.8. The van der Waals surface area contributed by atoms with E-state index in [1.807, 2.05) is 18.2 Å². The Bertz CT molecular complexity index is 958. The Morgan fingerprint density at radius 1 is 1.17 bits per heavy atom. The van der Waals surface area contributed by atoms with Crippen LogP contribution in [0.4, 0.5) is 0 Å². The normalized spacial score (nSPS) is 21.9. The van der Waals surface area contributed by atoms with Gasteiger partial charge >= 0.3 is 0 Å². The van der Waals surface area contributed by atoms with Crippen LogP contribution in [0.5, 0.6) is 0 Å². The number of rotatable bonds is 5. The van der Waals surface area contributed by atoms with Crippen molar-refractivity contribution in [3.05, 3.63) is 60.4 Å². The predicted octanol–water partition coefficient (Wildman–Crippen LogP) is 2.46. The van der Waals surface area contributed by atoms with E-state index in [9.17, 15) is 13.2 Å². The quantitative estimate of drug-likeness (QED) is 0.789. The van der Waals surface area contributed by atoms with Gasteiger partial charge in [0.2, 0.25) is 10.0 Å². The molecule has 160 valence electrons. The molecule has 1 aromatic heterocycles. The van der Waals surface area contributed by atoms with E-state index >= 15 is 0 Å². The topological polar surface area (TPSA) is 88.6 Å². The van der Waals surface area contributed by atoms with E-state index in [2.05, 4.69) is 10.3 Å². The Labute approximate surface area is 177 Å². The second kappa shape index (κ2) is 8.83. The molecular formula is C22H27N3O4S. The first kappa shape index (κ1) is 21.0. The zero-order valence-corrected chi connectivity index (χ0v) is 17.7. The maximum absolute atomic E-state index is 12.8. The maximum atomic E-state index is 12.8. The highest BCUT2D eigenvalue weighted by Crippen LogP contribution is 2.38. The lowest BCUT2D eigenvalue weighted by Gasteiger charge is -2.45. The molecule has 1 amide bonds. The Morgan fingerprint density at radius 3 is 2.63 bits per heavy atom. The summed E-state index contributed by atoms with van der Waals surface area (Å²) in [5.41, 5.74) is 0.356. The molecule has 1 atom stereocenters. The van der Waals surface area contributed by atoms with Crippen LogP contribution in [0.3, 0.4) is 0 Å². The zero-order valence-electron chi connectivity index (χ0n) is 16.9. The molecule has 0 bridgehead atoms. The van der Waals surface area contributed by atoms with Crippen LogP contribution >= 0.6 is 0 Å². The van der Waals surface area contributed by atoms with Crippen molar-refractivity contribution in [2.75, 3.05) is 26.2 Å². The predicted molar refractivity (Wildman–Crippen MR) is 112 cm³/mol. The van der Waals surface area contributed by atoms with Crippen LogP contribution in [-0.4, -0.2) is 55.5 Å². The third-order valence-electron chi connectivity index (χ3n) is 6.09. The fourth-order valence-corrected chi connectivity index (χ4v) is 5.77. The largest absolute Gasteiger partial charge is 0.375 e. The highest BCUT2D eigenvalue weighted by Gasteiger charge is 2.42. The summed E-state index contributed by atoms with van der Waals surface area (Å²) in [6.07, 6.45) is 6.02. The van der Waals surface area contributed by atoms with Gasteiger partial charge in [0.15, 0.2) is 0 Å². The van der Waals surface area contributed by atoms with Gasteiger partial charge in [0.1, 0.15) is 4.90 Å². The molecule has 4 rings (SSSR count). The Hall–Kier alpha value is -2.29. The van der Waals surface area contributed by atoms with E-state index in [4.69, 9.17) is 4.74 Å². The van der Waals surface area contributed by atoms with Gasteiger partial charge in [-0.3, -0.25) is 9.78 Å². The molecule has 30 heavy (non-hydrogen) atoms. The average molecular weight is 430 g/mol. The molecular weight excluding hydrogens is 402 g/mol. The van der Waals surface area contributed by atoms with Gasteiger partial charge in [0.25, 0.3) is 5.91 Å². The third-order valence-corrected chi connectivity index (χ3v) is 7.97. The molecule has 3 heterocycles. The number of carbonyl (C=O) groups excluding carboxylic acids is 1. The number of aromatic nitrogens is 1. The van der Waals surface area contributed by atoms with Gasteiger partial charge in [0, 0.05) is 44.2 Å². The molecule has 1 spiro atoms. The van der Waals surface area contributed by atoms with Gasteiger partial charge in [-0.15, -0.1) is 0 Å². The maximum Gasteiger partial charge on any atom is 0.251 e. The second-order valence-electron chi connectivity index (χ2n) is 8.06. The molecule has 2 aliphatic heterocycles. The Morgan fingerprint density at radius 2 is 1.93 bits per heavy atom. The summed E-state index contributed by atoms with van der Waals surface area (Å²) in [4.78, 5) is 16.5. The monoisotopic (exact) mass is 429 g/mol. The van der Waals surface area contributed by atoms with Crippen molar-refractivity contribution in [3.8, 4) is 0 Å². The third kappa shape index (κ3) is 4.55. The average Bonchev–Trinajstić information content (AvgIpc) is 2.79. The van der Waals surface area contributed by atoms with E-state index in [1.165, 1.54) is 10.5 Å². The van der Waals surface area contributed by atoms with Crippen molar-refractivity contribution < 1.29 is 17.9 Å². The number of nitrogens with one attached hydrogen (secondary N) is 1. The van der Waals surface area contributed by atoms with Gasteiger partial charge in [-0.25, -0.2) is 8.42 Å². The molecule has 2 fully saturated rings. The molecule has 8 heteroatoms. The first-order chi connectivity index (χ1) is 14.5. The van der Waals surface area contributed by atoms with Crippen molar-refractivity contribution in [1.82, 2.24) is 14.6 Å². The van der Waals surface area contributed by atoms with Crippen molar-refractivity contribution in [3.63, 3.8) is 0 Å². The number of hydrogen-bond acceptors (Lipinski definition) is 5. The van der Waals surface area contributed by atoms with E-state index in [1.54, 1.807) is 30.5 Å². The molecule has 2 aromatic rings. The molecule has 1 unspecified atom stereocenters. The molecule has 0 aliphatic carbocycles. The number of hydrogen-bond donors (Lipinski definition) is 1. The lowest BCUT2D eigenvalue weighted by atomic mass is 9.80. The van der Waals surface area contributed by atoms with Gasteiger partial charge in [-0.05, 0) is 55.9 Å². The van der Waals surface area contributed by atoms with Crippen molar-refractivity contribution >= 4 is 15.9 Å². The van der Waals surface area contributed by atoms with Gasteiger partial charge in [-0.1, -0.05) is 18.2 Å². The number of nitrogens with zero attached hydrogens (tertiary/aromatic N) is 2. The van der Waals surface area contributed by atoms with Gasteiger partial charge in [0.05, 0.1) is 5.60 Å². The molecule has 0 saturated carbocycles. The second-order valence-corrected chi connectivity index (χ2v) is 10.00. The van der Waals surface area contributed by atoms with E-state index < -0.39 is 10.0 Å². The van der Waals surface area contributed by atoms with Crippen LogP contribution < -0.4 is 5.32 Å². The fraction of sp³-hybridized carbons (Fsp3) is 0.455. The molecule has 2 saturated heterocycles. The number of piperidine rings is 1. The molecule has 1 N–H and O–H groups in total. The lowest BCUT2D eigenvalue weighted by molar-refractivity contribution is -0.119. The zero-order chi connectivity index (χ0) is 21.0. The number of pyridine rings is 1. The summed E-state index contributed by atoms with van der Waals surface area (Å²) in [6.45, 7) is 2.11. The smallest absolute Gasteiger partial charge is 0.251 e. The van der Waals surface area contributed by atoms with E-state index in [0.29, 0.717) is 50.6 Å². The number of sulfonamides is 1. The standard InChI is InChI=1S/C22H27N3O4S/c26-21(19-5-2-1-3-6-19)24-16-18-8-14-29-22(15-18)9-12-25(13-10-22)30(27,28)20-7-4-11-23-17-20/h1-7,11,17-18H,8-10,12-16H2,(H,24,26). The van der Waals surface area contributed by atoms with E-state index in [0.717, 1.165) is 12.8 Å². The van der Waals surface area contributed by atoms with E-state index in [-0.39, 0.29) is 16.4 Å². The Balaban J connectivity index is 1.33. The first-order valence-electron chi connectivity index (χ1n) is 10.4. The Kier molecular flexibility index (Phi) is 6.17. The lowest BCUT2D eigenvalue weighted by Crippen LogP contribution is -2.51. The van der Waals surface area contributed by atoms with Crippen LogP contribution in [0.2, 0.25) is 0 Å². The number of benzene rings is 1. The van der Waals surface area contributed by atoms with Crippen LogP contribution in [0.1, 0.15) is 36.0 Å². The minimum Gasteiger partial charge on any atom is -0.375 e. The van der Waals surface area contributed by atoms with Gasteiger partial charge < -0.3 is 10.1 Å². The van der Waals surface area contributed by atoms with Crippen LogP contribution in [-0.2, 0) is 14.8 Å². The highest BCUT2D eigenvalue weighted by atomic mass is 32.2. The summed E-state index contributed by atoms with van der Waals surface area (Å²) in [7, 11) is -3.52. The summed E-state index contributed by atoms with van der Waals surface area (Å²) in [6, 6.07) is 12.4. The molecule has 0 radical (unpaired) electrons. The van der Waals surface area contributed by atoms with Crippen molar-refractivity contribution in [1.29, 1.82) is 0 Å². The van der Waals surface area contributed by atoms with Gasteiger partial charge in [-0.2, -0.15) is 4.31 Å². The summed E-state index contributed by atoms with van der Waals surface area (Å²) in [5.74, 6) is 0.265. The van der Waals surface area contributed by atoms with Crippen molar-refractivity contribution in [2.24, 2.45) is 5.92 Å². The van der Waals surface area contributed by atoms with Crippen molar-refractivity contribution in [2.45, 2.75) is 36.2 Å². The van der Waals surface area contributed by atoms with Crippen LogP contribution in [0.15, 0.2) is 59.8 Å². The highest BCUT2D eigenvalue weighted by molar-refractivity contribution is 7.89.